The van der Waals surface area contributed by atoms with Crippen molar-refractivity contribution in [3.8, 4) is 0 Å². The number of nitrogens with one attached hydrogen (secondary N) is 2. The number of hydrogen-bond acceptors (Lipinski definition) is 4. The van der Waals surface area contributed by atoms with Crippen molar-refractivity contribution in [3.05, 3.63) is 0 Å². The summed E-state index contributed by atoms with van der Waals surface area (Å²) in [6, 6.07) is 0. The molecule has 1 aliphatic rings. The number of aliphatic imine (C=N–C) groups is 1. The number of unbranched alkanes of at least 4 members (excludes halogenated alkanes) is 1. The number of likely N-dealkylation sites (tertiary alicyclic amines) is 1. The van der Waals surface area contributed by atoms with Gasteiger partial charge in [0, 0.05) is 46.4 Å². The fourth-order valence-corrected chi connectivity index (χ4v) is 2.92. The van der Waals surface area contributed by atoms with Crippen LogP contribution in [0.2, 0.25) is 0 Å². The van der Waals surface area contributed by atoms with Crippen molar-refractivity contribution in [1.82, 2.24) is 15.5 Å². The normalized spacial score (nSPS) is 17.7. The number of halogens is 1. The Morgan fingerprint density at radius 3 is 2.57 bits per heavy atom. The first-order valence-electron chi connectivity index (χ1n) is 10.4. The first-order valence-corrected chi connectivity index (χ1v) is 10.4. The Hall–Kier alpha value is -0.770. The second-order valence-corrected chi connectivity index (χ2v) is 8.13. The smallest absolute Gasteiger partial charge is 0.410 e. The molecule has 0 saturated carbocycles. The molecule has 28 heavy (non-hydrogen) atoms. The van der Waals surface area contributed by atoms with E-state index in [0.29, 0.717) is 5.92 Å². The van der Waals surface area contributed by atoms with E-state index in [0.717, 1.165) is 71.0 Å². The average molecular weight is 512 g/mol. The zero-order valence-electron chi connectivity index (χ0n) is 18.4. The minimum atomic E-state index is -0.450. The summed E-state index contributed by atoms with van der Waals surface area (Å²) in [5, 5.41) is 6.70. The van der Waals surface area contributed by atoms with Crippen molar-refractivity contribution in [1.29, 1.82) is 0 Å². The maximum atomic E-state index is 12.3. The van der Waals surface area contributed by atoms with Crippen LogP contribution in [0.25, 0.3) is 0 Å². The number of ether oxygens (including phenoxy) is 2. The molecule has 1 unspecified atom stereocenters. The van der Waals surface area contributed by atoms with Crippen LogP contribution in [0.15, 0.2) is 4.99 Å². The van der Waals surface area contributed by atoms with Crippen LogP contribution in [0, 0.1) is 5.92 Å². The van der Waals surface area contributed by atoms with E-state index >= 15 is 0 Å². The van der Waals surface area contributed by atoms with Crippen molar-refractivity contribution >= 4 is 36.0 Å². The summed E-state index contributed by atoms with van der Waals surface area (Å²) in [5.41, 5.74) is -0.450. The van der Waals surface area contributed by atoms with Gasteiger partial charge in [-0.25, -0.2) is 4.79 Å². The van der Waals surface area contributed by atoms with Crippen LogP contribution in [0.4, 0.5) is 4.79 Å². The second-order valence-electron chi connectivity index (χ2n) is 8.13. The first-order chi connectivity index (χ1) is 12.9. The molecule has 1 aliphatic heterocycles. The van der Waals surface area contributed by atoms with Crippen molar-refractivity contribution in [3.63, 3.8) is 0 Å². The molecule has 2 N–H and O–H groups in total. The van der Waals surface area contributed by atoms with Crippen molar-refractivity contribution in [2.45, 2.75) is 65.4 Å². The average Bonchev–Trinajstić information content (AvgIpc) is 2.62. The molecule has 8 heteroatoms. The van der Waals surface area contributed by atoms with Crippen molar-refractivity contribution < 1.29 is 14.3 Å². The molecular weight excluding hydrogens is 471 g/mol. The van der Waals surface area contributed by atoms with E-state index in [4.69, 9.17) is 9.47 Å². The molecule has 1 fully saturated rings. The molecule has 1 atom stereocenters. The Balaban J connectivity index is 0.00000729. The molecule has 1 heterocycles. The molecule has 166 valence electrons. The highest BCUT2D eigenvalue weighted by Crippen LogP contribution is 2.18. The van der Waals surface area contributed by atoms with Crippen molar-refractivity contribution in [2.75, 3.05) is 46.4 Å². The number of guanidine groups is 1. The molecule has 7 nitrogen and oxygen atoms in total. The van der Waals surface area contributed by atoms with Crippen molar-refractivity contribution in [2.24, 2.45) is 10.9 Å². The summed E-state index contributed by atoms with van der Waals surface area (Å²) in [7, 11) is 1.78. The van der Waals surface area contributed by atoms with Gasteiger partial charge in [0.1, 0.15) is 5.60 Å². The summed E-state index contributed by atoms with van der Waals surface area (Å²) in [6.45, 7) is 12.6. The highest BCUT2D eigenvalue weighted by atomic mass is 127. The molecule has 0 radical (unpaired) electrons. The molecule has 0 spiro atoms. The third-order valence-electron chi connectivity index (χ3n) is 4.35. The molecule has 0 aliphatic carbocycles. The molecule has 0 aromatic heterocycles. The SMILES string of the molecule is CCCCOCCCNC(=NC)NCC1CCCN(C(=O)OC(C)(C)C)C1.I. The lowest BCUT2D eigenvalue weighted by Gasteiger charge is -2.34. The number of rotatable bonds is 9. The molecule has 0 aromatic rings. The Bertz CT molecular complexity index is 455. The van der Waals surface area contributed by atoms with Gasteiger partial charge in [-0.15, -0.1) is 24.0 Å². The van der Waals surface area contributed by atoms with Gasteiger partial charge >= 0.3 is 6.09 Å². The van der Waals surface area contributed by atoms with E-state index in [2.05, 4.69) is 22.5 Å². The lowest BCUT2D eigenvalue weighted by molar-refractivity contribution is 0.0168. The zero-order chi connectivity index (χ0) is 20.1. The van der Waals surface area contributed by atoms with Gasteiger partial charge < -0.3 is 25.0 Å². The minimum absolute atomic E-state index is 0. The van der Waals surface area contributed by atoms with Crippen LogP contribution in [0.1, 0.15) is 59.8 Å². The van der Waals surface area contributed by atoms with Gasteiger partial charge in [-0.3, -0.25) is 4.99 Å². The van der Waals surface area contributed by atoms with Gasteiger partial charge in [-0.2, -0.15) is 0 Å². The molecular formula is C20H41IN4O3. The number of nitrogens with zero attached hydrogens (tertiary/aromatic N) is 2. The lowest BCUT2D eigenvalue weighted by Crippen LogP contribution is -2.47. The van der Waals surface area contributed by atoms with E-state index in [1.54, 1.807) is 7.05 Å². The summed E-state index contributed by atoms with van der Waals surface area (Å²) in [4.78, 5) is 18.4. The van der Waals surface area contributed by atoms with E-state index in [1.165, 1.54) is 6.42 Å². The zero-order valence-corrected chi connectivity index (χ0v) is 20.7. The minimum Gasteiger partial charge on any atom is -0.444 e. The number of piperidine rings is 1. The first kappa shape index (κ1) is 27.2. The molecule has 0 aromatic carbocycles. The molecule has 0 bridgehead atoms. The van der Waals surface area contributed by atoms with Crippen LogP contribution in [-0.4, -0.2) is 69.0 Å². The number of hydrogen-bond donors (Lipinski definition) is 2. The van der Waals surface area contributed by atoms with Crippen LogP contribution in [-0.2, 0) is 9.47 Å². The Morgan fingerprint density at radius 2 is 1.93 bits per heavy atom. The third kappa shape index (κ3) is 12.6. The number of carbonyl (C=O) groups excluding carboxylic acids is 1. The number of carbonyl (C=O) groups is 1. The molecule has 1 rings (SSSR count). The van der Waals surface area contributed by atoms with Gasteiger partial charge in [-0.1, -0.05) is 13.3 Å². The topological polar surface area (TPSA) is 75.2 Å². The Kier molecular flexibility index (Phi) is 14.7. The lowest BCUT2D eigenvalue weighted by atomic mass is 9.98. The fourth-order valence-electron chi connectivity index (χ4n) is 2.92. The number of amides is 1. The highest BCUT2D eigenvalue weighted by molar-refractivity contribution is 14.0. The van der Waals surface area contributed by atoms with Gasteiger partial charge in [0.2, 0.25) is 0 Å². The standard InChI is InChI=1S/C20H40N4O3.HI/c1-6-7-13-26-14-9-11-22-18(21-5)23-15-17-10-8-12-24(16-17)19(25)27-20(2,3)4;/h17H,6-16H2,1-5H3,(H2,21,22,23);1H. The largest absolute Gasteiger partial charge is 0.444 e. The van der Waals surface area contributed by atoms with Gasteiger partial charge in [0.15, 0.2) is 5.96 Å². The van der Waals surface area contributed by atoms with E-state index in [9.17, 15) is 4.79 Å². The second kappa shape index (κ2) is 15.1. The summed E-state index contributed by atoms with van der Waals surface area (Å²) >= 11 is 0. The van der Waals surface area contributed by atoms with Crippen LogP contribution >= 0.6 is 24.0 Å². The highest BCUT2D eigenvalue weighted by Gasteiger charge is 2.27. The van der Waals surface area contributed by atoms with Gasteiger partial charge in [-0.05, 0) is 52.4 Å². The fraction of sp³-hybridized carbons (Fsp3) is 0.900. The maximum Gasteiger partial charge on any atom is 0.410 e. The predicted molar refractivity (Wildman–Crippen MR) is 126 cm³/mol. The van der Waals surface area contributed by atoms with E-state index < -0.39 is 5.60 Å². The van der Waals surface area contributed by atoms with E-state index in [-0.39, 0.29) is 30.1 Å². The predicted octanol–water partition coefficient (Wildman–Crippen LogP) is 3.62. The molecule has 1 saturated heterocycles. The van der Waals surface area contributed by atoms with Crippen LogP contribution in [0.5, 0.6) is 0 Å². The Labute approximate surface area is 188 Å². The monoisotopic (exact) mass is 512 g/mol. The third-order valence-corrected chi connectivity index (χ3v) is 4.35. The Morgan fingerprint density at radius 1 is 1.21 bits per heavy atom. The summed E-state index contributed by atoms with van der Waals surface area (Å²) < 4.78 is 11.1. The van der Waals surface area contributed by atoms with Crippen LogP contribution < -0.4 is 10.6 Å². The van der Waals surface area contributed by atoms with E-state index in [1.807, 2.05) is 25.7 Å². The quantitative estimate of drug-likeness (QED) is 0.214. The summed E-state index contributed by atoms with van der Waals surface area (Å²) in [6.07, 6.45) is 5.15. The maximum absolute atomic E-state index is 12.3. The van der Waals surface area contributed by atoms with Gasteiger partial charge in [0.25, 0.3) is 0 Å². The van der Waals surface area contributed by atoms with Crippen LogP contribution in [0.3, 0.4) is 0 Å². The molecule has 1 amide bonds. The summed E-state index contributed by atoms with van der Waals surface area (Å²) in [5.74, 6) is 1.21. The van der Waals surface area contributed by atoms with Gasteiger partial charge in [0.05, 0.1) is 0 Å².